The van der Waals surface area contributed by atoms with Crippen molar-refractivity contribution < 1.29 is 17.0 Å². The second-order valence-electron chi connectivity index (χ2n) is 4.39. The standard InChI is InChI=1S/C11H15FN2O3S2/c1-8-6-9(12)11(7-10(8)13)19(16,17)14-2-4-18(15)5-3-14/h6-7H,2-5,13H2,1H3. The fourth-order valence-corrected chi connectivity index (χ4v) is 4.67. The van der Waals surface area contributed by atoms with Gasteiger partial charge < -0.3 is 5.73 Å². The molecule has 19 heavy (non-hydrogen) atoms. The zero-order chi connectivity index (χ0) is 14.2. The van der Waals surface area contributed by atoms with Crippen LogP contribution in [-0.2, 0) is 20.8 Å². The van der Waals surface area contributed by atoms with Crippen LogP contribution >= 0.6 is 0 Å². The number of hydrogen-bond acceptors (Lipinski definition) is 4. The van der Waals surface area contributed by atoms with Gasteiger partial charge in [-0.2, -0.15) is 4.31 Å². The van der Waals surface area contributed by atoms with Crippen LogP contribution in [0.15, 0.2) is 17.0 Å². The first-order valence-electron chi connectivity index (χ1n) is 5.73. The zero-order valence-electron chi connectivity index (χ0n) is 10.4. The lowest BCUT2D eigenvalue weighted by molar-refractivity contribution is 0.434. The number of nitrogen functional groups attached to an aromatic ring is 1. The van der Waals surface area contributed by atoms with Crippen LogP contribution in [0.5, 0.6) is 0 Å². The number of sulfonamides is 1. The molecule has 1 aliphatic heterocycles. The lowest BCUT2D eigenvalue weighted by atomic mass is 10.2. The van der Waals surface area contributed by atoms with Crippen LogP contribution in [-0.4, -0.2) is 41.5 Å². The van der Waals surface area contributed by atoms with Crippen LogP contribution in [0, 0.1) is 12.7 Å². The van der Waals surface area contributed by atoms with Crippen molar-refractivity contribution in [1.29, 1.82) is 0 Å². The van der Waals surface area contributed by atoms with E-state index in [9.17, 15) is 17.0 Å². The molecule has 1 heterocycles. The number of nitrogens with two attached hydrogens (primary N) is 1. The Bertz CT molecular complexity index is 621. The zero-order valence-corrected chi connectivity index (χ0v) is 12.1. The quantitative estimate of drug-likeness (QED) is 0.805. The third-order valence-corrected chi connectivity index (χ3v) is 6.26. The highest BCUT2D eigenvalue weighted by Crippen LogP contribution is 2.25. The highest BCUT2D eigenvalue weighted by atomic mass is 32.2. The van der Waals surface area contributed by atoms with Crippen molar-refractivity contribution in [2.75, 3.05) is 30.3 Å². The highest BCUT2D eigenvalue weighted by molar-refractivity contribution is 7.89. The lowest BCUT2D eigenvalue weighted by Gasteiger charge is -2.25. The molecule has 1 saturated heterocycles. The lowest BCUT2D eigenvalue weighted by Crippen LogP contribution is -2.42. The summed E-state index contributed by atoms with van der Waals surface area (Å²) in [4.78, 5) is -0.414. The molecule has 0 amide bonds. The summed E-state index contributed by atoms with van der Waals surface area (Å²) in [6, 6.07) is 2.26. The molecule has 0 unspecified atom stereocenters. The van der Waals surface area contributed by atoms with Gasteiger partial charge >= 0.3 is 0 Å². The first kappa shape index (κ1) is 14.4. The molecule has 0 spiro atoms. The maximum atomic E-state index is 13.8. The Hall–Kier alpha value is -0.990. The number of hydrogen-bond donors (Lipinski definition) is 1. The van der Waals surface area contributed by atoms with Gasteiger partial charge in [0.05, 0.1) is 0 Å². The molecule has 0 aliphatic carbocycles. The molecule has 0 aromatic heterocycles. The van der Waals surface area contributed by atoms with E-state index >= 15 is 0 Å². The molecule has 1 aliphatic rings. The van der Waals surface area contributed by atoms with Crippen LogP contribution < -0.4 is 5.73 Å². The van der Waals surface area contributed by atoms with Gasteiger partial charge in [-0.05, 0) is 24.6 Å². The Kier molecular flexibility index (Phi) is 3.93. The van der Waals surface area contributed by atoms with Crippen molar-refractivity contribution in [3.8, 4) is 0 Å². The molecule has 1 fully saturated rings. The van der Waals surface area contributed by atoms with Crippen molar-refractivity contribution >= 4 is 26.5 Å². The molecule has 1 aromatic carbocycles. The van der Waals surface area contributed by atoms with E-state index in [1.807, 2.05) is 0 Å². The minimum absolute atomic E-state index is 0.141. The maximum Gasteiger partial charge on any atom is 0.246 e. The molecule has 106 valence electrons. The monoisotopic (exact) mass is 306 g/mol. The van der Waals surface area contributed by atoms with Gasteiger partial charge in [0, 0.05) is 41.1 Å². The highest BCUT2D eigenvalue weighted by Gasteiger charge is 2.30. The van der Waals surface area contributed by atoms with E-state index in [1.165, 1.54) is 0 Å². The molecule has 0 atom stereocenters. The van der Waals surface area contributed by atoms with E-state index in [4.69, 9.17) is 5.73 Å². The molecular formula is C11H15FN2O3S2. The third-order valence-electron chi connectivity index (χ3n) is 3.08. The predicted octanol–water partition coefficient (Wildman–Crippen LogP) is 0.469. The van der Waals surface area contributed by atoms with Gasteiger partial charge in [0.25, 0.3) is 0 Å². The van der Waals surface area contributed by atoms with E-state index in [0.717, 1.165) is 16.4 Å². The Labute approximate surface area is 114 Å². The average molecular weight is 306 g/mol. The minimum atomic E-state index is -3.91. The SMILES string of the molecule is Cc1cc(F)c(S(=O)(=O)N2CCS(=O)CC2)cc1N. The summed E-state index contributed by atoms with van der Waals surface area (Å²) >= 11 is 0. The van der Waals surface area contributed by atoms with Crippen molar-refractivity contribution in [3.63, 3.8) is 0 Å². The van der Waals surface area contributed by atoms with Gasteiger partial charge in [-0.25, -0.2) is 12.8 Å². The number of anilines is 1. The molecule has 0 saturated carbocycles. The molecule has 1 aromatic rings. The number of aryl methyl sites for hydroxylation is 1. The van der Waals surface area contributed by atoms with Crippen LogP contribution in [0.25, 0.3) is 0 Å². The van der Waals surface area contributed by atoms with Gasteiger partial charge in [0.15, 0.2) is 0 Å². The molecule has 2 rings (SSSR count). The van der Waals surface area contributed by atoms with Gasteiger partial charge in [0.2, 0.25) is 10.0 Å². The van der Waals surface area contributed by atoms with Gasteiger partial charge in [-0.3, -0.25) is 4.21 Å². The smallest absolute Gasteiger partial charge is 0.246 e. The first-order valence-corrected chi connectivity index (χ1v) is 8.66. The Morgan fingerprint density at radius 2 is 1.89 bits per heavy atom. The van der Waals surface area contributed by atoms with E-state index in [-0.39, 0.29) is 30.3 Å². The number of nitrogens with zero attached hydrogens (tertiary/aromatic N) is 1. The van der Waals surface area contributed by atoms with Gasteiger partial charge in [-0.1, -0.05) is 0 Å². The molecule has 8 heteroatoms. The summed E-state index contributed by atoms with van der Waals surface area (Å²) < 4.78 is 50.8. The summed E-state index contributed by atoms with van der Waals surface area (Å²) in [5.74, 6) is -0.247. The second-order valence-corrected chi connectivity index (χ2v) is 7.99. The number of rotatable bonds is 2. The molecule has 2 N–H and O–H groups in total. The molecule has 0 radical (unpaired) electrons. The van der Waals surface area contributed by atoms with Crippen molar-refractivity contribution in [3.05, 3.63) is 23.5 Å². The normalized spacial score (nSPS) is 18.6. The Balaban J connectivity index is 2.40. The topological polar surface area (TPSA) is 80.5 Å². The van der Waals surface area contributed by atoms with Gasteiger partial charge in [0.1, 0.15) is 10.7 Å². The van der Waals surface area contributed by atoms with E-state index in [2.05, 4.69) is 0 Å². The van der Waals surface area contributed by atoms with Crippen LogP contribution in [0.4, 0.5) is 10.1 Å². The fraction of sp³-hybridized carbons (Fsp3) is 0.455. The van der Waals surface area contributed by atoms with Crippen LogP contribution in [0.2, 0.25) is 0 Å². The van der Waals surface area contributed by atoms with E-state index < -0.39 is 31.5 Å². The third kappa shape index (κ3) is 2.80. The Morgan fingerprint density at radius 1 is 1.32 bits per heavy atom. The summed E-state index contributed by atoms with van der Waals surface area (Å²) in [5, 5.41) is 0. The minimum Gasteiger partial charge on any atom is -0.398 e. The predicted molar refractivity (Wildman–Crippen MR) is 72.2 cm³/mol. The second kappa shape index (κ2) is 5.18. The van der Waals surface area contributed by atoms with E-state index in [0.29, 0.717) is 5.56 Å². The van der Waals surface area contributed by atoms with Crippen molar-refractivity contribution in [2.24, 2.45) is 0 Å². The average Bonchev–Trinajstić information content (AvgIpc) is 2.34. The van der Waals surface area contributed by atoms with Crippen LogP contribution in [0.3, 0.4) is 0 Å². The Morgan fingerprint density at radius 3 is 2.47 bits per heavy atom. The molecular weight excluding hydrogens is 291 g/mol. The molecule has 5 nitrogen and oxygen atoms in total. The summed E-state index contributed by atoms with van der Waals surface area (Å²) in [5.41, 5.74) is 6.37. The number of halogens is 1. The summed E-state index contributed by atoms with van der Waals surface area (Å²) in [6.45, 7) is 1.89. The van der Waals surface area contributed by atoms with Crippen LogP contribution in [0.1, 0.15) is 5.56 Å². The van der Waals surface area contributed by atoms with Gasteiger partial charge in [-0.15, -0.1) is 0 Å². The summed E-state index contributed by atoms with van der Waals surface area (Å²) in [6.07, 6.45) is 0. The largest absolute Gasteiger partial charge is 0.398 e. The van der Waals surface area contributed by atoms with Crippen molar-refractivity contribution in [2.45, 2.75) is 11.8 Å². The van der Waals surface area contributed by atoms with Crippen molar-refractivity contribution in [1.82, 2.24) is 4.31 Å². The fourth-order valence-electron chi connectivity index (χ4n) is 1.87. The summed E-state index contributed by atoms with van der Waals surface area (Å²) in [7, 11) is -4.90. The first-order chi connectivity index (χ1) is 8.82. The molecule has 0 bridgehead atoms. The van der Waals surface area contributed by atoms with E-state index in [1.54, 1.807) is 6.92 Å². The number of benzene rings is 1. The maximum absolute atomic E-state index is 13.8.